The Morgan fingerprint density at radius 1 is 1.15 bits per heavy atom. The zero-order valence-electron chi connectivity index (χ0n) is 17.6. The summed E-state index contributed by atoms with van der Waals surface area (Å²) >= 11 is 0. The van der Waals surface area contributed by atoms with Gasteiger partial charge in [-0.25, -0.2) is 4.79 Å². The number of nitrogens with zero attached hydrogens (tertiary/aromatic N) is 1. The van der Waals surface area contributed by atoms with E-state index < -0.39 is 23.7 Å². The number of ketones is 1. The third-order valence-electron chi connectivity index (χ3n) is 6.78. The molecule has 2 aliphatic carbocycles. The number of likely N-dealkylation sites (tertiary alicyclic amines) is 1. The molecule has 34 heavy (non-hydrogen) atoms. The van der Waals surface area contributed by atoms with Gasteiger partial charge in [0.05, 0.1) is 12.8 Å². The number of alkyl halides is 3. The van der Waals surface area contributed by atoms with Gasteiger partial charge in [-0.1, -0.05) is 0 Å². The van der Waals surface area contributed by atoms with E-state index in [-0.39, 0.29) is 28.8 Å². The van der Waals surface area contributed by atoms with Gasteiger partial charge in [0.25, 0.3) is 5.91 Å². The van der Waals surface area contributed by atoms with Crippen LogP contribution in [0.1, 0.15) is 43.4 Å². The highest BCUT2D eigenvalue weighted by Crippen LogP contribution is 2.66. The number of allylic oxidation sites excluding steroid dienone is 2. The molecule has 174 valence electrons. The third kappa shape index (κ3) is 2.82. The number of hydrogen-bond donors (Lipinski definition) is 2. The molecule has 1 saturated heterocycles. The first-order valence-corrected chi connectivity index (χ1v) is 10.4. The molecular weight excluding hydrogens is 455 g/mol. The number of rotatable bonds is 3. The van der Waals surface area contributed by atoms with Crippen LogP contribution >= 0.6 is 0 Å². The summed E-state index contributed by atoms with van der Waals surface area (Å²) < 4.78 is 46.3. The molecule has 1 saturated carbocycles. The Hall–Kier alpha value is -4.02. The summed E-state index contributed by atoms with van der Waals surface area (Å²) in [6.45, 7) is 0.383. The molecule has 3 aliphatic rings. The second kappa shape index (κ2) is 6.52. The van der Waals surface area contributed by atoms with Crippen LogP contribution in [0.25, 0.3) is 10.9 Å². The Kier molecular flexibility index (Phi) is 3.95. The fourth-order valence-corrected chi connectivity index (χ4v) is 5.28. The van der Waals surface area contributed by atoms with Crippen LogP contribution < -0.4 is 4.74 Å². The summed E-state index contributed by atoms with van der Waals surface area (Å²) in [5.74, 6) is -1.63. The number of amides is 1. The maximum Gasteiger partial charge on any atom is 0.573 e. The van der Waals surface area contributed by atoms with Crippen molar-refractivity contribution < 1.29 is 37.0 Å². The van der Waals surface area contributed by atoms with Gasteiger partial charge < -0.3 is 24.3 Å². The molecule has 11 heteroatoms. The van der Waals surface area contributed by atoms with Gasteiger partial charge >= 0.3 is 12.3 Å². The number of aromatic amines is 2. The second-order valence-corrected chi connectivity index (χ2v) is 8.63. The van der Waals surface area contributed by atoms with E-state index in [1.54, 1.807) is 6.07 Å². The van der Waals surface area contributed by atoms with E-state index in [0.29, 0.717) is 34.4 Å². The predicted octanol–water partition coefficient (Wildman–Crippen LogP) is 3.68. The van der Waals surface area contributed by atoms with Crippen molar-refractivity contribution in [1.29, 1.82) is 0 Å². The number of ether oxygens (including phenoxy) is 2. The predicted molar refractivity (Wildman–Crippen MR) is 110 cm³/mol. The monoisotopic (exact) mass is 471 g/mol. The average Bonchev–Trinajstić information content (AvgIpc) is 3.13. The molecule has 2 atom stereocenters. The molecule has 1 aromatic carbocycles. The molecule has 2 N–H and O–H groups in total. The van der Waals surface area contributed by atoms with E-state index in [2.05, 4.69) is 14.7 Å². The van der Waals surface area contributed by atoms with Crippen molar-refractivity contribution in [2.24, 2.45) is 5.92 Å². The van der Waals surface area contributed by atoms with Gasteiger partial charge in [-0.3, -0.25) is 9.59 Å². The van der Waals surface area contributed by atoms with Crippen LogP contribution in [0.15, 0.2) is 42.1 Å². The highest BCUT2D eigenvalue weighted by molar-refractivity contribution is 6.10. The molecular formula is C23H16F3N3O5. The van der Waals surface area contributed by atoms with Crippen LogP contribution in [0.2, 0.25) is 0 Å². The highest BCUT2D eigenvalue weighted by atomic mass is 19.4. The summed E-state index contributed by atoms with van der Waals surface area (Å²) in [7, 11) is 1.25. The van der Waals surface area contributed by atoms with Gasteiger partial charge in [0.1, 0.15) is 17.1 Å². The smallest absolute Gasteiger partial charge is 0.464 e. The number of methoxy groups -OCH3 is 1. The van der Waals surface area contributed by atoms with E-state index in [1.165, 1.54) is 36.3 Å². The molecule has 3 aromatic rings. The van der Waals surface area contributed by atoms with Crippen molar-refractivity contribution >= 4 is 28.6 Å². The van der Waals surface area contributed by atoms with Crippen LogP contribution in [0.4, 0.5) is 13.2 Å². The maximum absolute atomic E-state index is 13.4. The Labute approximate surface area is 189 Å². The second-order valence-electron chi connectivity index (χ2n) is 8.63. The van der Waals surface area contributed by atoms with Crippen LogP contribution in [-0.4, -0.2) is 52.5 Å². The van der Waals surface area contributed by atoms with Crippen molar-refractivity contribution in [2.75, 3.05) is 13.7 Å². The number of nitrogens with one attached hydrogen (secondary N) is 2. The topological polar surface area (TPSA) is 104 Å². The third-order valence-corrected chi connectivity index (χ3v) is 6.78. The molecule has 0 bridgehead atoms. The number of benzene rings is 1. The first-order valence-electron chi connectivity index (χ1n) is 10.4. The van der Waals surface area contributed by atoms with Gasteiger partial charge in [-0.2, -0.15) is 0 Å². The molecule has 6 rings (SSSR count). The van der Waals surface area contributed by atoms with Crippen molar-refractivity contribution in [3.8, 4) is 5.75 Å². The Morgan fingerprint density at radius 2 is 1.94 bits per heavy atom. The maximum atomic E-state index is 13.4. The minimum atomic E-state index is -4.82. The molecule has 0 unspecified atom stereocenters. The van der Waals surface area contributed by atoms with Crippen LogP contribution in [-0.2, 0) is 10.2 Å². The summed E-state index contributed by atoms with van der Waals surface area (Å²) in [6.07, 6.45) is -2.66. The summed E-state index contributed by atoms with van der Waals surface area (Å²) in [5, 5.41) is 0.383. The van der Waals surface area contributed by atoms with Gasteiger partial charge in [0.15, 0.2) is 0 Å². The van der Waals surface area contributed by atoms with E-state index in [9.17, 15) is 27.6 Å². The van der Waals surface area contributed by atoms with E-state index >= 15 is 0 Å². The number of fused-ring (bicyclic) bond motifs is 2. The van der Waals surface area contributed by atoms with Gasteiger partial charge in [-0.05, 0) is 48.2 Å². The molecule has 8 nitrogen and oxygen atoms in total. The summed E-state index contributed by atoms with van der Waals surface area (Å²) in [6, 6.07) is 6.84. The van der Waals surface area contributed by atoms with Gasteiger partial charge in [0, 0.05) is 34.6 Å². The van der Waals surface area contributed by atoms with E-state index in [0.717, 1.165) is 12.5 Å². The molecule has 2 fully saturated rings. The minimum absolute atomic E-state index is 0.0898. The standard InChI is InChI=1S/C23H16F3N3O5/c1-33-21(32)16-6-13-19(28-16)17(30)7-18-22(13)8-11(22)9-29(18)20(31)15-5-10-4-12(34-23(24,25)26)2-3-14(10)27-15/h2-7,11,27-28H,8-9H2,1H3/t11-,22-/m1/s1. The lowest BCUT2D eigenvalue weighted by atomic mass is 9.85. The number of piperidine rings is 1. The van der Waals surface area contributed by atoms with Gasteiger partial charge in [-0.15, -0.1) is 13.2 Å². The van der Waals surface area contributed by atoms with E-state index in [1.807, 2.05) is 0 Å². The lowest BCUT2D eigenvalue weighted by molar-refractivity contribution is -0.274. The van der Waals surface area contributed by atoms with Crippen LogP contribution in [0.3, 0.4) is 0 Å². The zero-order chi connectivity index (χ0) is 24.0. The number of hydrogen-bond acceptors (Lipinski definition) is 5. The minimum Gasteiger partial charge on any atom is -0.464 e. The fraction of sp³-hybridized carbons (Fsp3) is 0.261. The SMILES string of the molecule is COC(=O)c1cc2c([nH]1)C(=O)C=C1N(C(=O)c3cc4cc(OC(F)(F)F)ccc4[nH]3)C[C@H]3C[C@]123. The van der Waals surface area contributed by atoms with Crippen molar-refractivity contribution in [2.45, 2.75) is 18.2 Å². The summed E-state index contributed by atoms with van der Waals surface area (Å²) in [4.78, 5) is 45.4. The summed E-state index contributed by atoms with van der Waals surface area (Å²) in [5.41, 5.74) is 1.87. The fourth-order valence-electron chi connectivity index (χ4n) is 5.28. The first kappa shape index (κ1) is 20.6. The number of esters is 1. The van der Waals surface area contributed by atoms with E-state index in [4.69, 9.17) is 4.74 Å². The average molecular weight is 471 g/mol. The van der Waals surface area contributed by atoms with Crippen LogP contribution in [0, 0.1) is 5.92 Å². The van der Waals surface area contributed by atoms with Crippen molar-refractivity contribution in [3.63, 3.8) is 0 Å². The first-order chi connectivity index (χ1) is 16.1. The molecule has 1 amide bonds. The Bertz CT molecular complexity index is 1450. The quantitative estimate of drug-likeness (QED) is 0.568. The Balaban J connectivity index is 1.33. The zero-order valence-corrected chi connectivity index (χ0v) is 17.6. The number of carbonyl (C=O) groups is 3. The molecule has 1 aliphatic heterocycles. The number of carbonyl (C=O) groups excluding carboxylic acids is 3. The highest BCUT2D eigenvalue weighted by Gasteiger charge is 2.68. The Morgan fingerprint density at radius 3 is 2.68 bits per heavy atom. The van der Waals surface area contributed by atoms with Crippen molar-refractivity contribution in [1.82, 2.24) is 14.9 Å². The lowest BCUT2D eigenvalue weighted by Gasteiger charge is -2.27. The molecule has 2 aromatic heterocycles. The lowest BCUT2D eigenvalue weighted by Crippen LogP contribution is -2.33. The van der Waals surface area contributed by atoms with Crippen molar-refractivity contribution in [3.05, 3.63) is 64.8 Å². The normalized spacial score (nSPS) is 22.7. The number of H-pyrrole nitrogens is 2. The molecule has 3 heterocycles. The van der Waals surface area contributed by atoms with Gasteiger partial charge in [0.2, 0.25) is 5.78 Å². The van der Waals surface area contributed by atoms with Crippen LogP contribution in [0.5, 0.6) is 5.75 Å². The largest absolute Gasteiger partial charge is 0.573 e. The molecule has 1 spiro atoms. The molecule has 0 radical (unpaired) electrons. The number of aromatic nitrogens is 2. The number of halogens is 3.